The largest absolute Gasteiger partial charge is 0.478 e. The first-order chi connectivity index (χ1) is 9.41. The first kappa shape index (κ1) is 18.1. The third-order valence-electron chi connectivity index (χ3n) is 3.97. The number of piperidine rings is 1. The molecular weight excluding hydrogens is 313 g/mol. The Kier molecular flexibility index (Phi) is 6.32. The zero-order valence-corrected chi connectivity index (χ0v) is 13.8. The van der Waals surface area contributed by atoms with Crippen molar-refractivity contribution < 1.29 is 14.6 Å². The fourth-order valence-corrected chi connectivity index (χ4v) is 2.79. The molecule has 4 nitrogen and oxygen atoms in total. The lowest BCUT2D eigenvalue weighted by atomic mass is 9.82. The second kappa shape index (κ2) is 7.34. The smallest absolute Gasteiger partial charge is 0.348 e. The van der Waals surface area contributed by atoms with Crippen LogP contribution in [0.25, 0.3) is 0 Å². The summed E-state index contributed by atoms with van der Waals surface area (Å²) in [6.45, 7) is 3.40. The maximum absolute atomic E-state index is 11.7. The number of benzene rings is 1. The van der Waals surface area contributed by atoms with Crippen molar-refractivity contribution in [1.82, 2.24) is 4.90 Å². The molecule has 21 heavy (non-hydrogen) atoms. The van der Waals surface area contributed by atoms with Crippen molar-refractivity contribution in [2.75, 3.05) is 20.1 Å². The van der Waals surface area contributed by atoms with Crippen LogP contribution in [0.4, 0.5) is 0 Å². The molecule has 1 aliphatic rings. The average molecular weight is 334 g/mol. The number of nitrogens with zero attached hydrogens (tertiary/aromatic N) is 1. The lowest BCUT2D eigenvalue weighted by Gasteiger charge is -2.39. The van der Waals surface area contributed by atoms with Crippen molar-refractivity contribution >= 4 is 30.0 Å². The van der Waals surface area contributed by atoms with Crippen LogP contribution in [0.3, 0.4) is 0 Å². The average Bonchev–Trinajstić information content (AvgIpc) is 2.41. The SMILES string of the molecule is CN1CCCC(C(C)(Oc2ccc(Cl)cc2)C(=O)O)C1.Cl. The van der Waals surface area contributed by atoms with E-state index in [2.05, 4.69) is 4.90 Å². The highest BCUT2D eigenvalue weighted by molar-refractivity contribution is 6.30. The molecule has 0 radical (unpaired) electrons. The monoisotopic (exact) mass is 333 g/mol. The molecule has 1 aromatic carbocycles. The number of carbonyl (C=O) groups is 1. The lowest BCUT2D eigenvalue weighted by Crippen LogP contribution is -2.53. The van der Waals surface area contributed by atoms with Gasteiger partial charge in [0.15, 0.2) is 0 Å². The van der Waals surface area contributed by atoms with Gasteiger partial charge < -0.3 is 14.7 Å². The second-order valence-corrected chi connectivity index (χ2v) is 6.01. The minimum absolute atomic E-state index is 0. The summed E-state index contributed by atoms with van der Waals surface area (Å²) in [6, 6.07) is 6.81. The van der Waals surface area contributed by atoms with Gasteiger partial charge in [-0.05, 0) is 57.6 Å². The molecule has 118 valence electrons. The first-order valence-electron chi connectivity index (χ1n) is 6.78. The third-order valence-corrected chi connectivity index (χ3v) is 4.22. The summed E-state index contributed by atoms with van der Waals surface area (Å²) < 4.78 is 5.82. The van der Waals surface area contributed by atoms with Crippen LogP contribution in [-0.2, 0) is 4.79 Å². The maximum atomic E-state index is 11.7. The van der Waals surface area contributed by atoms with Crippen LogP contribution in [0.2, 0.25) is 5.02 Å². The highest BCUT2D eigenvalue weighted by Gasteiger charge is 2.45. The molecule has 0 aliphatic carbocycles. The van der Waals surface area contributed by atoms with Gasteiger partial charge in [0.25, 0.3) is 0 Å². The number of ether oxygens (including phenoxy) is 1. The number of carboxylic acids is 1. The Morgan fingerprint density at radius 2 is 2.05 bits per heavy atom. The normalized spacial score (nSPS) is 22.0. The number of hydrogen-bond acceptors (Lipinski definition) is 3. The zero-order chi connectivity index (χ0) is 14.8. The molecule has 6 heteroatoms. The van der Waals surface area contributed by atoms with E-state index in [0.717, 1.165) is 25.9 Å². The van der Waals surface area contributed by atoms with Crippen LogP contribution in [0.1, 0.15) is 19.8 Å². The highest BCUT2D eigenvalue weighted by atomic mass is 35.5. The van der Waals surface area contributed by atoms with E-state index in [0.29, 0.717) is 10.8 Å². The van der Waals surface area contributed by atoms with Crippen molar-refractivity contribution in [3.63, 3.8) is 0 Å². The summed E-state index contributed by atoms with van der Waals surface area (Å²) in [7, 11) is 2.01. The van der Waals surface area contributed by atoms with E-state index in [-0.39, 0.29) is 18.3 Å². The molecule has 1 saturated heterocycles. The fourth-order valence-electron chi connectivity index (χ4n) is 2.67. The van der Waals surface area contributed by atoms with E-state index < -0.39 is 11.6 Å². The van der Waals surface area contributed by atoms with E-state index in [1.807, 2.05) is 7.05 Å². The number of hydrogen-bond donors (Lipinski definition) is 1. The van der Waals surface area contributed by atoms with E-state index >= 15 is 0 Å². The van der Waals surface area contributed by atoms with E-state index in [1.54, 1.807) is 31.2 Å². The van der Waals surface area contributed by atoms with Gasteiger partial charge in [0.2, 0.25) is 5.60 Å². The van der Waals surface area contributed by atoms with Crippen molar-refractivity contribution in [3.05, 3.63) is 29.3 Å². The van der Waals surface area contributed by atoms with Crippen LogP contribution >= 0.6 is 24.0 Å². The molecule has 1 fully saturated rings. The molecular formula is C15H21Cl2NO3. The topological polar surface area (TPSA) is 49.8 Å². The van der Waals surface area contributed by atoms with Crippen molar-refractivity contribution in [3.8, 4) is 5.75 Å². The number of aliphatic carboxylic acids is 1. The molecule has 0 saturated carbocycles. The Balaban J connectivity index is 0.00000220. The van der Waals surface area contributed by atoms with Crippen LogP contribution in [0.5, 0.6) is 5.75 Å². The van der Waals surface area contributed by atoms with Gasteiger partial charge in [0, 0.05) is 17.5 Å². The fraction of sp³-hybridized carbons (Fsp3) is 0.533. The van der Waals surface area contributed by atoms with Gasteiger partial charge in [0.1, 0.15) is 5.75 Å². The van der Waals surface area contributed by atoms with Gasteiger partial charge >= 0.3 is 5.97 Å². The number of halogens is 2. The Bertz CT molecular complexity index is 480. The molecule has 2 unspecified atom stereocenters. The predicted octanol–water partition coefficient (Wildman–Crippen LogP) is 3.33. The maximum Gasteiger partial charge on any atom is 0.348 e. The Morgan fingerprint density at radius 1 is 1.43 bits per heavy atom. The van der Waals surface area contributed by atoms with Crippen LogP contribution < -0.4 is 4.74 Å². The summed E-state index contributed by atoms with van der Waals surface area (Å²) in [5, 5.41) is 10.2. The van der Waals surface area contributed by atoms with Crippen molar-refractivity contribution in [2.24, 2.45) is 5.92 Å². The van der Waals surface area contributed by atoms with Crippen molar-refractivity contribution in [2.45, 2.75) is 25.4 Å². The molecule has 1 N–H and O–H groups in total. The summed E-state index contributed by atoms with van der Waals surface area (Å²) >= 11 is 5.83. The minimum Gasteiger partial charge on any atom is -0.478 e. The van der Waals surface area contributed by atoms with Crippen molar-refractivity contribution in [1.29, 1.82) is 0 Å². The van der Waals surface area contributed by atoms with Crippen LogP contribution in [0, 0.1) is 5.92 Å². The van der Waals surface area contributed by atoms with E-state index in [4.69, 9.17) is 16.3 Å². The molecule has 0 amide bonds. The minimum atomic E-state index is -1.22. The van der Waals surface area contributed by atoms with Gasteiger partial charge in [0.05, 0.1) is 0 Å². The van der Waals surface area contributed by atoms with Gasteiger partial charge in [-0.3, -0.25) is 0 Å². The molecule has 1 aromatic rings. The predicted molar refractivity (Wildman–Crippen MR) is 85.6 cm³/mol. The summed E-state index contributed by atoms with van der Waals surface area (Å²) in [6.07, 6.45) is 1.86. The molecule has 0 spiro atoms. The quantitative estimate of drug-likeness (QED) is 0.918. The third kappa shape index (κ3) is 4.25. The van der Waals surface area contributed by atoms with Gasteiger partial charge in [-0.2, -0.15) is 0 Å². The molecule has 0 bridgehead atoms. The number of carboxylic acid groups (broad SMARTS) is 1. The first-order valence-corrected chi connectivity index (χ1v) is 7.16. The standard InChI is InChI=1S/C15H20ClNO3.ClH/c1-15(14(18)19,11-4-3-9-17(2)10-11)20-13-7-5-12(16)6-8-13;/h5-8,11H,3-4,9-10H2,1-2H3,(H,18,19);1H. The van der Waals surface area contributed by atoms with Crippen LogP contribution in [-0.4, -0.2) is 41.7 Å². The lowest BCUT2D eigenvalue weighted by molar-refractivity contribution is -0.160. The summed E-state index contributed by atoms with van der Waals surface area (Å²) in [5.74, 6) is -0.422. The van der Waals surface area contributed by atoms with E-state index in [9.17, 15) is 9.90 Å². The van der Waals surface area contributed by atoms with E-state index in [1.165, 1.54) is 0 Å². The number of rotatable bonds is 4. The van der Waals surface area contributed by atoms with Gasteiger partial charge in [-0.15, -0.1) is 12.4 Å². The Hall–Kier alpha value is -0.970. The Morgan fingerprint density at radius 3 is 2.57 bits per heavy atom. The van der Waals surface area contributed by atoms with Crippen LogP contribution in [0.15, 0.2) is 24.3 Å². The molecule has 2 rings (SSSR count). The second-order valence-electron chi connectivity index (χ2n) is 5.57. The molecule has 0 aromatic heterocycles. The van der Waals surface area contributed by atoms with Gasteiger partial charge in [-0.1, -0.05) is 11.6 Å². The zero-order valence-electron chi connectivity index (χ0n) is 12.2. The molecule has 2 atom stereocenters. The molecule has 1 heterocycles. The molecule has 1 aliphatic heterocycles. The van der Waals surface area contributed by atoms with Gasteiger partial charge in [-0.25, -0.2) is 4.79 Å². The summed E-state index contributed by atoms with van der Waals surface area (Å²) in [5.41, 5.74) is -1.22. The highest BCUT2D eigenvalue weighted by Crippen LogP contribution is 2.32. The number of likely N-dealkylation sites (tertiary alicyclic amines) is 1. The summed E-state index contributed by atoms with van der Waals surface area (Å²) in [4.78, 5) is 13.9. The Labute approximate surface area is 136 Å².